The van der Waals surface area contributed by atoms with Crippen LogP contribution in [0, 0.1) is 0 Å². The lowest BCUT2D eigenvalue weighted by Gasteiger charge is -2.37. The summed E-state index contributed by atoms with van der Waals surface area (Å²) >= 11 is 2.90. The minimum Gasteiger partial charge on any atom is -0.374 e. The molecule has 2 aromatic carbocycles. The van der Waals surface area contributed by atoms with E-state index in [1.807, 2.05) is 0 Å². The van der Waals surface area contributed by atoms with Crippen LogP contribution >= 0.6 is 15.9 Å². The van der Waals surface area contributed by atoms with E-state index in [-0.39, 0.29) is 4.47 Å². The summed E-state index contributed by atoms with van der Waals surface area (Å²) in [4.78, 5) is 0. The first-order valence-corrected chi connectivity index (χ1v) is 7.61. The predicted octanol–water partition coefficient (Wildman–Crippen LogP) is 5.90. The van der Waals surface area contributed by atoms with Crippen molar-refractivity contribution in [3.63, 3.8) is 0 Å². The summed E-state index contributed by atoms with van der Waals surface area (Å²) in [5.74, 6) is -5.68. The maximum atomic E-state index is 14.2. The maximum absolute atomic E-state index is 14.2. The Labute approximate surface area is 150 Å². The molecule has 0 aliphatic heterocycles. The zero-order chi connectivity index (χ0) is 20.0. The van der Waals surface area contributed by atoms with Crippen molar-refractivity contribution < 1.29 is 40.2 Å². The van der Waals surface area contributed by atoms with E-state index in [2.05, 4.69) is 15.9 Å². The highest BCUT2D eigenvalue weighted by atomic mass is 79.9. The van der Waals surface area contributed by atoms with Crippen molar-refractivity contribution in [1.29, 1.82) is 0 Å². The first kappa shape index (κ1) is 20.6. The number of benzene rings is 2. The molecule has 0 spiro atoms. The van der Waals surface area contributed by atoms with Gasteiger partial charge >= 0.3 is 18.3 Å². The average molecular weight is 449 g/mol. The zero-order valence-electron chi connectivity index (χ0n) is 12.5. The second kappa shape index (κ2) is 6.49. The van der Waals surface area contributed by atoms with Gasteiger partial charge in [0.2, 0.25) is 0 Å². The number of hydrogen-bond acceptors (Lipinski definition) is 1. The van der Waals surface area contributed by atoms with Gasteiger partial charge in [-0.15, -0.1) is 0 Å². The van der Waals surface area contributed by atoms with Gasteiger partial charge < -0.3 is 5.11 Å². The molecular weight excluding hydrogens is 440 g/mol. The Kier molecular flexibility index (Phi) is 5.15. The van der Waals surface area contributed by atoms with Crippen LogP contribution in [0.5, 0.6) is 0 Å². The monoisotopic (exact) mass is 448 g/mol. The molecule has 0 amide bonds. The maximum Gasteiger partial charge on any atom is 0.457 e. The summed E-state index contributed by atoms with van der Waals surface area (Å²) in [5.41, 5.74) is -7.06. The summed E-state index contributed by atoms with van der Waals surface area (Å²) in [5, 5.41) is 10.5. The number of hydrogen-bond donors (Lipinski definition) is 1. The van der Waals surface area contributed by atoms with Gasteiger partial charge in [0.15, 0.2) is 5.60 Å². The van der Waals surface area contributed by atoms with E-state index in [0.717, 1.165) is 18.2 Å². The van der Waals surface area contributed by atoms with Crippen LogP contribution in [-0.4, -0.2) is 17.2 Å². The summed E-state index contributed by atoms with van der Waals surface area (Å²) in [6, 6.07) is 5.52. The van der Waals surface area contributed by atoms with Gasteiger partial charge in [0, 0.05) is 4.47 Å². The fourth-order valence-corrected chi connectivity index (χ4v) is 2.75. The van der Waals surface area contributed by atoms with E-state index >= 15 is 0 Å². The van der Waals surface area contributed by atoms with Gasteiger partial charge in [-0.1, -0.05) is 40.2 Å². The first-order chi connectivity index (χ1) is 11.7. The van der Waals surface area contributed by atoms with Crippen LogP contribution in [0.1, 0.15) is 16.7 Å². The highest BCUT2D eigenvalue weighted by Gasteiger charge is 2.71. The van der Waals surface area contributed by atoms with E-state index in [0.29, 0.717) is 24.3 Å². The molecule has 2 rings (SSSR count). The molecule has 0 aliphatic carbocycles. The minimum absolute atomic E-state index is 0.0957. The molecule has 1 unspecified atom stereocenters. The Balaban J connectivity index is 2.73. The highest BCUT2D eigenvalue weighted by Crippen LogP contribution is 2.52. The Morgan fingerprint density at radius 3 is 1.62 bits per heavy atom. The smallest absolute Gasteiger partial charge is 0.374 e. The predicted molar refractivity (Wildman–Crippen MR) is 79.6 cm³/mol. The molecule has 0 saturated carbocycles. The Morgan fingerprint density at radius 2 is 1.19 bits per heavy atom. The van der Waals surface area contributed by atoms with E-state index in [1.54, 1.807) is 0 Å². The number of halogens is 9. The minimum atomic E-state index is -6.16. The van der Waals surface area contributed by atoms with Crippen LogP contribution in [0.2, 0.25) is 0 Å². The topological polar surface area (TPSA) is 20.2 Å². The largest absolute Gasteiger partial charge is 0.457 e. The lowest BCUT2D eigenvalue weighted by Crippen LogP contribution is -2.55. The molecule has 10 heteroatoms. The van der Waals surface area contributed by atoms with Crippen molar-refractivity contribution in [3.05, 3.63) is 69.7 Å². The molecule has 26 heavy (non-hydrogen) atoms. The third-order valence-electron chi connectivity index (χ3n) is 3.68. The van der Waals surface area contributed by atoms with Crippen molar-refractivity contribution in [2.24, 2.45) is 0 Å². The van der Waals surface area contributed by atoms with Gasteiger partial charge in [0.1, 0.15) is 0 Å². The second-order valence-electron chi connectivity index (χ2n) is 5.37. The van der Waals surface area contributed by atoms with Crippen molar-refractivity contribution in [3.8, 4) is 0 Å². The Bertz CT molecular complexity index is 782. The highest BCUT2D eigenvalue weighted by molar-refractivity contribution is 9.10. The van der Waals surface area contributed by atoms with Gasteiger partial charge in [0.25, 0.3) is 0 Å². The molecule has 0 saturated heterocycles. The third-order valence-corrected chi connectivity index (χ3v) is 4.18. The van der Waals surface area contributed by atoms with Gasteiger partial charge in [0.05, 0.1) is 5.56 Å². The second-order valence-corrected chi connectivity index (χ2v) is 6.28. The average Bonchev–Trinajstić information content (AvgIpc) is 2.52. The van der Waals surface area contributed by atoms with E-state index in [9.17, 15) is 40.2 Å². The molecule has 2 aromatic rings. The molecule has 0 radical (unpaired) electrons. The van der Waals surface area contributed by atoms with Crippen molar-refractivity contribution in [2.75, 3.05) is 0 Å². The van der Waals surface area contributed by atoms with E-state index < -0.39 is 40.6 Å². The zero-order valence-corrected chi connectivity index (χ0v) is 14.1. The Hall–Kier alpha value is -1.68. The van der Waals surface area contributed by atoms with Crippen molar-refractivity contribution in [1.82, 2.24) is 0 Å². The van der Waals surface area contributed by atoms with Crippen LogP contribution in [0.15, 0.2) is 53.0 Å². The fourth-order valence-electron chi connectivity index (χ4n) is 2.35. The van der Waals surface area contributed by atoms with Crippen molar-refractivity contribution >= 4 is 15.9 Å². The summed E-state index contributed by atoms with van der Waals surface area (Å²) in [7, 11) is 0. The van der Waals surface area contributed by atoms with Gasteiger partial charge in [-0.3, -0.25) is 0 Å². The molecule has 0 heterocycles. The summed E-state index contributed by atoms with van der Waals surface area (Å²) in [6.45, 7) is 0. The molecule has 0 bridgehead atoms. The molecule has 0 aromatic heterocycles. The SMILES string of the molecule is OC(c1ccc(C(F)(F)F)cc1)(c1cccc(Br)c1)C(F)(F)C(F)(F)F. The van der Waals surface area contributed by atoms with E-state index in [1.165, 1.54) is 6.07 Å². The quantitative estimate of drug-likeness (QED) is 0.579. The molecule has 0 fully saturated rings. The molecular formula is C16H9BrF8O. The first-order valence-electron chi connectivity index (χ1n) is 6.82. The number of rotatable bonds is 3. The number of aliphatic hydroxyl groups is 1. The summed E-state index contributed by atoms with van der Waals surface area (Å²) < 4.78 is 105. The van der Waals surface area contributed by atoms with Crippen LogP contribution in [0.4, 0.5) is 35.1 Å². The normalized spacial score (nSPS) is 15.6. The lowest BCUT2D eigenvalue weighted by molar-refractivity contribution is -0.336. The Morgan fingerprint density at radius 1 is 0.692 bits per heavy atom. The van der Waals surface area contributed by atoms with E-state index in [4.69, 9.17) is 0 Å². The van der Waals surface area contributed by atoms with Crippen LogP contribution < -0.4 is 0 Å². The van der Waals surface area contributed by atoms with Gasteiger partial charge in [-0.05, 0) is 35.4 Å². The molecule has 1 atom stereocenters. The third kappa shape index (κ3) is 3.44. The standard InChI is InChI=1S/C16H9BrF8O/c17-12-3-1-2-11(8-12)13(26,15(21,22)16(23,24)25)9-4-6-10(7-5-9)14(18,19)20/h1-8,26H. The van der Waals surface area contributed by atoms with Gasteiger partial charge in [-0.25, -0.2) is 0 Å². The molecule has 142 valence electrons. The van der Waals surface area contributed by atoms with Crippen LogP contribution in [0.25, 0.3) is 0 Å². The molecule has 0 aliphatic rings. The van der Waals surface area contributed by atoms with Crippen LogP contribution in [-0.2, 0) is 11.8 Å². The summed E-state index contributed by atoms with van der Waals surface area (Å²) in [6.07, 6.45) is -11.0. The van der Waals surface area contributed by atoms with Gasteiger partial charge in [-0.2, -0.15) is 35.1 Å². The molecule has 1 N–H and O–H groups in total. The van der Waals surface area contributed by atoms with Crippen molar-refractivity contribution in [2.45, 2.75) is 23.9 Å². The number of alkyl halides is 8. The van der Waals surface area contributed by atoms with Crippen LogP contribution in [0.3, 0.4) is 0 Å². The fraction of sp³-hybridized carbons (Fsp3) is 0.250. The molecule has 1 nitrogen and oxygen atoms in total. The lowest BCUT2D eigenvalue weighted by atomic mass is 9.80.